The Hall–Kier alpha value is -1.78. The molecule has 0 bridgehead atoms. The van der Waals surface area contributed by atoms with Gasteiger partial charge in [0.1, 0.15) is 0 Å². The monoisotopic (exact) mass is 276 g/mol. The molecule has 0 atom stereocenters. The lowest BCUT2D eigenvalue weighted by atomic mass is 10.1. The summed E-state index contributed by atoms with van der Waals surface area (Å²) in [6.45, 7) is 7.02. The topological polar surface area (TPSA) is 57.3 Å². The van der Waals surface area contributed by atoms with E-state index in [1.54, 1.807) is 6.20 Å². The SMILES string of the molecule is CC(C)CCNC(=O)Nc1cccnc1N1CCCC1. The zero-order valence-electron chi connectivity index (χ0n) is 12.4. The second kappa shape index (κ2) is 7.12. The summed E-state index contributed by atoms with van der Waals surface area (Å²) in [5, 5.41) is 5.79. The Labute approximate surface area is 120 Å². The first-order valence-corrected chi connectivity index (χ1v) is 7.41. The van der Waals surface area contributed by atoms with Gasteiger partial charge in [0.05, 0.1) is 5.69 Å². The van der Waals surface area contributed by atoms with E-state index >= 15 is 0 Å². The minimum absolute atomic E-state index is 0.154. The molecule has 20 heavy (non-hydrogen) atoms. The highest BCUT2D eigenvalue weighted by molar-refractivity contribution is 5.92. The summed E-state index contributed by atoms with van der Waals surface area (Å²) in [5.74, 6) is 1.47. The van der Waals surface area contributed by atoms with Crippen LogP contribution in [-0.4, -0.2) is 30.6 Å². The highest BCUT2D eigenvalue weighted by Gasteiger charge is 2.17. The Morgan fingerprint density at radius 3 is 2.85 bits per heavy atom. The molecule has 0 radical (unpaired) electrons. The second-order valence-electron chi connectivity index (χ2n) is 5.63. The zero-order chi connectivity index (χ0) is 14.4. The Kier molecular flexibility index (Phi) is 5.21. The average Bonchev–Trinajstić information content (AvgIpc) is 2.92. The lowest BCUT2D eigenvalue weighted by Crippen LogP contribution is -2.31. The molecule has 1 aliphatic heterocycles. The van der Waals surface area contributed by atoms with E-state index in [2.05, 4.69) is 34.4 Å². The summed E-state index contributed by atoms with van der Waals surface area (Å²) < 4.78 is 0. The number of nitrogens with one attached hydrogen (secondary N) is 2. The third kappa shape index (κ3) is 4.11. The minimum atomic E-state index is -0.154. The highest BCUT2D eigenvalue weighted by Crippen LogP contribution is 2.25. The van der Waals surface area contributed by atoms with Crippen LogP contribution in [0.15, 0.2) is 18.3 Å². The number of carbonyl (C=O) groups excluding carboxylic acids is 1. The molecule has 1 aromatic rings. The number of carbonyl (C=O) groups is 1. The van der Waals surface area contributed by atoms with E-state index in [4.69, 9.17) is 0 Å². The van der Waals surface area contributed by atoms with Crippen LogP contribution in [-0.2, 0) is 0 Å². The molecular formula is C15H24N4O. The van der Waals surface area contributed by atoms with Gasteiger partial charge in [-0.05, 0) is 37.3 Å². The van der Waals surface area contributed by atoms with Gasteiger partial charge in [0.25, 0.3) is 0 Å². The lowest BCUT2D eigenvalue weighted by molar-refractivity contribution is 0.251. The maximum atomic E-state index is 11.9. The van der Waals surface area contributed by atoms with Gasteiger partial charge in [-0.3, -0.25) is 0 Å². The molecule has 110 valence electrons. The number of anilines is 2. The molecule has 0 aromatic carbocycles. The summed E-state index contributed by atoms with van der Waals surface area (Å²) >= 11 is 0. The van der Waals surface area contributed by atoms with Crippen LogP contribution in [0.4, 0.5) is 16.3 Å². The van der Waals surface area contributed by atoms with Crippen LogP contribution in [0.1, 0.15) is 33.1 Å². The number of hydrogen-bond acceptors (Lipinski definition) is 3. The molecule has 0 spiro atoms. The summed E-state index contributed by atoms with van der Waals surface area (Å²) in [4.78, 5) is 18.5. The Balaban J connectivity index is 1.93. The molecule has 5 heteroatoms. The molecule has 2 amide bonds. The molecular weight excluding hydrogens is 252 g/mol. The van der Waals surface area contributed by atoms with Crippen molar-refractivity contribution in [2.75, 3.05) is 29.9 Å². The molecule has 2 rings (SSSR count). The van der Waals surface area contributed by atoms with Gasteiger partial charge >= 0.3 is 6.03 Å². The largest absolute Gasteiger partial charge is 0.355 e. The van der Waals surface area contributed by atoms with Crippen molar-refractivity contribution in [3.8, 4) is 0 Å². The van der Waals surface area contributed by atoms with Crippen LogP contribution in [0.2, 0.25) is 0 Å². The number of amides is 2. The van der Waals surface area contributed by atoms with Gasteiger partial charge in [-0.2, -0.15) is 0 Å². The third-order valence-corrected chi connectivity index (χ3v) is 3.45. The van der Waals surface area contributed by atoms with Gasteiger partial charge < -0.3 is 15.5 Å². The number of nitrogens with zero attached hydrogens (tertiary/aromatic N) is 2. The smallest absolute Gasteiger partial charge is 0.319 e. The van der Waals surface area contributed by atoms with Crippen LogP contribution in [0.25, 0.3) is 0 Å². The van der Waals surface area contributed by atoms with Gasteiger partial charge in [0.15, 0.2) is 5.82 Å². The van der Waals surface area contributed by atoms with E-state index in [1.807, 2.05) is 12.1 Å². The van der Waals surface area contributed by atoms with Crippen molar-refractivity contribution in [2.24, 2.45) is 5.92 Å². The predicted molar refractivity (Wildman–Crippen MR) is 82.2 cm³/mol. The summed E-state index contributed by atoms with van der Waals surface area (Å²) in [6, 6.07) is 3.60. The zero-order valence-corrected chi connectivity index (χ0v) is 12.4. The van der Waals surface area contributed by atoms with Gasteiger partial charge in [-0.1, -0.05) is 13.8 Å². The van der Waals surface area contributed by atoms with E-state index in [0.717, 1.165) is 31.0 Å². The molecule has 1 fully saturated rings. The molecule has 5 nitrogen and oxygen atoms in total. The molecule has 2 heterocycles. The van der Waals surface area contributed by atoms with E-state index in [9.17, 15) is 4.79 Å². The van der Waals surface area contributed by atoms with Crippen molar-refractivity contribution < 1.29 is 4.79 Å². The molecule has 0 unspecified atom stereocenters. The Bertz CT molecular complexity index is 441. The first-order chi connectivity index (χ1) is 9.66. The number of rotatable bonds is 5. The number of pyridine rings is 1. The van der Waals surface area contributed by atoms with Crippen LogP contribution < -0.4 is 15.5 Å². The molecule has 0 aliphatic carbocycles. The normalized spacial score (nSPS) is 14.7. The first-order valence-electron chi connectivity index (χ1n) is 7.41. The quantitative estimate of drug-likeness (QED) is 0.869. The highest BCUT2D eigenvalue weighted by atomic mass is 16.2. The van der Waals surface area contributed by atoms with Crippen LogP contribution in [0.3, 0.4) is 0 Å². The predicted octanol–water partition coefficient (Wildman–Crippen LogP) is 2.85. The molecule has 1 aliphatic rings. The second-order valence-corrected chi connectivity index (χ2v) is 5.63. The minimum Gasteiger partial charge on any atom is -0.355 e. The van der Waals surface area contributed by atoms with Crippen molar-refractivity contribution in [2.45, 2.75) is 33.1 Å². The molecule has 1 aromatic heterocycles. The van der Waals surface area contributed by atoms with Gasteiger partial charge in [0, 0.05) is 25.8 Å². The van der Waals surface area contributed by atoms with Crippen LogP contribution >= 0.6 is 0 Å². The summed E-state index contributed by atoms with van der Waals surface area (Å²) in [7, 11) is 0. The number of urea groups is 1. The maximum Gasteiger partial charge on any atom is 0.319 e. The van der Waals surface area contributed by atoms with Crippen molar-refractivity contribution in [1.82, 2.24) is 10.3 Å². The summed E-state index contributed by atoms with van der Waals surface area (Å²) in [6.07, 6.45) is 5.14. The van der Waals surface area contributed by atoms with E-state index in [1.165, 1.54) is 12.8 Å². The Morgan fingerprint density at radius 1 is 1.40 bits per heavy atom. The molecule has 2 N–H and O–H groups in total. The fourth-order valence-electron chi connectivity index (χ4n) is 2.32. The third-order valence-electron chi connectivity index (χ3n) is 3.45. The number of aromatic nitrogens is 1. The molecule has 0 saturated carbocycles. The first kappa shape index (κ1) is 14.6. The number of hydrogen-bond donors (Lipinski definition) is 2. The summed E-state index contributed by atoms with van der Waals surface area (Å²) in [5.41, 5.74) is 0.788. The fourth-order valence-corrected chi connectivity index (χ4v) is 2.32. The standard InChI is InChI=1S/C15H24N4O/c1-12(2)7-9-17-15(20)18-13-6-5-8-16-14(13)19-10-3-4-11-19/h5-6,8,12H,3-4,7,9-11H2,1-2H3,(H2,17,18,20). The van der Waals surface area contributed by atoms with Crippen molar-refractivity contribution >= 4 is 17.5 Å². The fraction of sp³-hybridized carbons (Fsp3) is 0.600. The van der Waals surface area contributed by atoms with E-state index < -0.39 is 0 Å². The molecule has 1 saturated heterocycles. The van der Waals surface area contributed by atoms with Gasteiger partial charge in [-0.15, -0.1) is 0 Å². The maximum absolute atomic E-state index is 11.9. The Morgan fingerprint density at radius 2 is 2.15 bits per heavy atom. The van der Waals surface area contributed by atoms with Gasteiger partial charge in [-0.25, -0.2) is 9.78 Å². The van der Waals surface area contributed by atoms with Crippen molar-refractivity contribution in [3.05, 3.63) is 18.3 Å². The van der Waals surface area contributed by atoms with E-state index in [0.29, 0.717) is 12.5 Å². The van der Waals surface area contributed by atoms with Gasteiger partial charge in [0.2, 0.25) is 0 Å². The van der Waals surface area contributed by atoms with Crippen molar-refractivity contribution in [3.63, 3.8) is 0 Å². The lowest BCUT2D eigenvalue weighted by Gasteiger charge is -2.20. The van der Waals surface area contributed by atoms with E-state index in [-0.39, 0.29) is 6.03 Å². The van der Waals surface area contributed by atoms with Crippen molar-refractivity contribution in [1.29, 1.82) is 0 Å². The average molecular weight is 276 g/mol. The van der Waals surface area contributed by atoms with Crippen LogP contribution in [0.5, 0.6) is 0 Å². The van der Waals surface area contributed by atoms with Crippen LogP contribution in [0, 0.1) is 5.92 Å².